The van der Waals surface area contributed by atoms with Crippen LogP contribution in [0.4, 0.5) is 0 Å². The summed E-state index contributed by atoms with van der Waals surface area (Å²) < 4.78 is 0. The first-order chi connectivity index (χ1) is 9.08. The minimum absolute atomic E-state index is 0.103. The maximum Gasteiger partial charge on any atom is 0.354 e. The molecule has 0 fully saturated rings. The van der Waals surface area contributed by atoms with Gasteiger partial charge in [0.25, 0.3) is 0 Å². The molecule has 0 spiro atoms. The van der Waals surface area contributed by atoms with Gasteiger partial charge in [-0.1, -0.05) is 18.2 Å². The average molecular weight is 276 g/mol. The quantitative estimate of drug-likeness (QED) is 0.851. The van der Waals surface area contributed by atoms with Crippen LogP contribution in [0.2, 0.25) is 0 Å². The van der Waals surface area contributed by atoms with Crippen molar-refractivity contribution >= 4 is 28.6 Å². The third-order valence-electron chi connectivity index (χ3n) is 2.69. The van der Waals surface area contributed by atoms with Crippen molar-refractivity contribution in [2.24, 2.45) is 0 Å². The van der Waals surface area contributed by atoms with Crippen LogP contribution >= 0.6 is 11.8 Å². The summed E-state index contributed by atoms with van der Waals surface area (Å²) in [5.41, 5.74) is 0.834. The molecule has 1 aromatic carbocycles. The molecule has 1 N–H and O–H groups in total. The zero-order valence-corrected chi connectivity index (χ0v) is 11.8. The second-order valence-electron chi connectivity index (χ2n) is 4.48. The Bertz CT molecular complexity index is 599. The van der Waals surface area contributed by atoms with Crippen molar-refractivity contribution < 1.29 is 9.90 Å². The Morgan fingerprint density at radius 2 is 2.11 bits per heavy atom. The van der Waals surface area contributed by atoms with Crippen molar-refractivity contribution in [1.29, 1.82) is 0 Å². The van der Waals surface area contributed by atoms with Crippen LogP contribution in [0.25, 0.3) is 10.9 Å². The van der Waals surface area contributed by atoms with E-state index >= 15 is 0 Å². The minimum Gasteiger partial charge on any atom is -0.477 e. The number of benzene rings is 1. The van der Waals surface area contributed by atoms with Gasteiger partial charge in [0.15, 0.2) is 0 Å². The molecule has 0 amide bonds. The van der Waals surface area contributed by atoms with Gasteiger partial charge >= 0.3 is 5.97 Å². The number of carbonyl (C=O) groups is 1. The van der Waals surface area contributed by atoms with Gasteiger partial charge in [-0.3, -0.25) is 0 Å². The topological polar surface area (TPSA) is 53.4 Å². The van der Waals surface area contributed by atoms with Crippen LogP contribution in [-0.4, -0.2) is 47.4 Å². The van der Waals surface area contributed by atoms with Crippen LogP contribution in [0.1, 0.15) is 10.5 Å². The summed E-state index contributed by atoms with van der Waals surface area (Å²) in [6.45, 7) is 0.948. The molecule has 2 rings (SSSR count). The number of aromatic carboxylic acids is 1. The highest BCUT2D eigenvalue weighted by Crippen LogP contribution is 2.27. The zero-order chi connectivity index (χ0) is 13.8. The van der Waals surface area contributed by atoms with E-state index in [1.54, 1.807) is 17.8 Å². The van der Waals surface area contributed by atoms with E-state index in [1.807, 2.05) is 38.4 Å². The highest BCUT2D eigenvalue weighted by Gasteiger charge is 2.10. The minimum atomic E-state index is -0.986. The smallest absolute Gasteiger partial charge is 0.354 e. The Kier molecular flexibility index (Phi) is 4.39. The van der Waals surface area contributed by atoms with Crippen LogP contribution in [0, 0.1) is 0 Å². The monoisotopic (exact) mass is 276 g/mol. The fourth-order valence-electron chi connectivity index (χ4n) is 1.71. The maximum atomic E-state index is 11.1. The number of carboxylic acid groups (broad SMARTS) is 1. The molecule has 0 bridgehead atoms. The second-order valence-corrected chi connectivity index (χ2v) is 5.62. The van der Waals surface area contributed by atoms with Gasteiger partial charge in [0.2, 0.25) is 0 Å². The molecule has 0 aliphatic rings. The molecule has 0 radical (unpaired) electrons. The van der Waals surface area contributed by atoms with Gasteiger partial charge in [-0.25, -0.2) is 9.78 Å². The lowest BCUT2D eigenvalue weighted by atomic mass is 10.2. The number of hydrogen-bond acceptors (Lipinski definition) is 4. The first-order valence-corrected chi connectivity index (χ1v) is 6.97. The molecule has 0 aliphatic heterocycles. The van der Waals surface area contributed by atoms with E-state index in [0.717, 1.165) is 28.1 Å². The van der Waals surface area contributed by atoms with Crippen LogP contribution < -0.4 is 0 Å². The maximum absolute atomic E-state index is 11.1. The zero-order valence-electron chi connectivity index (χ0n) is 11.0. The lowest BCUT2D eigenvalue weighted by Gasteiger charge is -2.10. The molecule has 1 heterocycles. The Hall–Kier alpha value is -1.59. The van der Waals surface area contributed by atoms with E-state index in [-0.39, 0.29) is 5.69 Å². The number of carboxylic acids is 1. The van der Waals surface area contributed by atoms with Gasteiger partial charge in [-0.2, -0.15) is 0 Å². The molecule has 100 valence electrons. The van der Waals surface area contributed by atoms with Gasteiger partial charge in [-0.05, 0) is 26.2 Å². The molecule has 0 aliphatic carbocycles. The number of para-hydroxylation sites is 1. The van der Waals surface area contributed by atoms with Crippen molar-refractivity contribution in [1.82, 2.24) is 9.88 Å². The largest absolute Gasteiger partial charge is 0.477 e. The van der Waals surface area contributed by atoms with E-state index in [0.29, 0.717) is 0 Å². The summed E-state index contributed by atoms with van der Waals surface area (Å²) in [5.74, 6) is -0.0692. The SMILES string of the molecule is CN(C)CCSc1cc(C(=O)O)nc2ccccc12. The average Bonchev–Trinajstić information content (AvgIpc) is 2.38. The molecular weight excluding hydrogens is 260 g/mol. The van der Waals surface area contributed by atoms with E-state index in [1.165, 1.54) is 0 Å². The molecule has 4 nitrogen and oxygen atoms in total. The molecule has 2 aromatic rings. The fraction of sp³-hybridized carbons (Fsp3) is 0.286. The van der Waals surface area contributed by atoms with Gasteiger partial charge < -0.3 is 10.0 Å². The summed E-state index contributed by atoms with van der Waals surface area (Å²) in [6.07, 6.45) is 0. The third kappa shape index (κ3) is 3.45. The standard InChI is InChI=1S/C14H16N2O2S/c1-16(2)7-8-19-13-9-12(14(17)18)15-11-6-4-3-5-10(11)13/h3-6,9H,7-8H2,1-2H3,(H,17,18). The van der Waals surface area contributed by atoms with Gasteiger partial charge in [0.05, 0.1) is 5.52 Å². The Morgan fingerprint density at radius 1 is 1.37 bits per heavy atom. The number of thioether (sulfide) groups is 1. The summed E-state index contributed by atoms with van der Waals surface area (Å²) in [5, 5.41) is 10.1. The van der Waals surface area contributed by atoms with Gasteiger partial charge in [-0.15, -0.1) is 11.8 Å². The number of hydrogen-bond donors (Lipinski definition) is 1. The van der Waals surface area contributed by atoms with Crippen molar-refractivity contribution in [3.8, 4) is 0 Å². The second kappa shape index (κ2) is 6.04. The molecule has 5 heteroatoms. The lowest BCUT2D eigenvalue weighted by molar-refractivity contribution is 0.0690. The first kappa shape index (κ1) is 13.8. The van der Waals surface area contributed by atoms with Crippen LogP contribution in [0.3, 0.4) is 0 Å². The first-order valence-electron chi connectivity index (χ1n) is 5.98. The molecule has 1 aromatic heterocycles. The number of fused-ring (bicyclic) bond motifs is 1. The molecular formula is C14H16N2O2S. The van der Waals surface area contributed by atoms with Gasteiger partial charge in [0.1, 0.15) is 5.69 Å². The Morgan fingerprint density at radius 3 is 2.79 bits per heavy atom. The summed E-state index contributed by atoms with van der Waals surface area (Å²) in [7, 11) is 4.04. The summed E-state index contributed by atoms with van der Waals surface area (Å²) in [6, 6.07) is 9.30. The lowest BCUT2D eigenvalue weighted by Crippen LogP contribution is -2.14. The molecule has 0 saturated heterocycles. The number of aromatic nitrogens is 1. The van der Waals surface area contributed by atoms with Crippen molar-refractivity contribution in [2.45, 2.75) is 4.90 Å². The highest BCUT2D eigenvalue weighted by atomic mass is 32.2. The van der Waals surface area contributed by atoms with Crippen LogP contribution in [0.15, 0.2) is 35.2 Å². The normalized spacial score (nSPS) is 11.1. The number of rotatable bonds is 5. The predicted octanol–water partition coefficient (Wildman–Crippen LogP) is 2.59. The van der Waals surface area contributed by atoms with Crippen molar-refractivity contribution in [3.63, 3.8) is 0 Å². The molecule has 0 saturated carbocycles. The van der Waals surface area contributed by atoms with E-state index in [9.17, 15) is 4.79 Å². The van der Waals surface area contributed by atoms with E-state index < -0.39 is 5.97 Å². The molecule has 0 atom stereocenters. The van der Waals surface area contributed by atoms with Crippen LogP contribution in [-0.2, 0) is 0 Å². The van der Waals surface area contributed by atoms with Crippen molar-refractivity contribution in [2.75, 3.05) is 26.4 Å². The van der Waals surface area contributed by atoms with E-state index in [2.05, 4.69) is 9.88 Å². The predicted molar refractivity (Wildman–Crippen MR) is 78.0 cm³/mol. The highest BCUT2D eigenvalue weighted by molar-refractivity contribution is 7.99. The summed E-state index contributed by atoms with van der Waals surface area (Å²) >= 11 is 1.66. The molecule has 0 unspecified atom stereocenters. The van der Waals surface area contributed by atoms with E-state index in [4.69, 9.17) is 5.11 Å². The number of pyridine rings is 1. The van der Waals surface area contributed by atoms with Gasteiger partial charge in [0, 0.05) is 22.6 Å². The summed E-state index contributed by atoms with van der Waals surface area (Å²) in [4.78, 5) is 18.3. The third-order valence-corrected chi connectivity index (χ3v) is 3.73. The van der Waals surface area contributed by atoms with Crippen LogP contribution in [0.5, 0.6) is 0 Å². The number of nitrogens with zero attached hydrogens (tertiary/aromatic N) is 2. The Labute approximate surface area is 116 Å². The Balaban J connectivity index is 2.36. The molecule has 19 heavy (non-hydrogen) atoms. The van der Waals surface area contributed by atoms with Crippen molar-refractivity contribution in [3.05, 3.63) is 36.0 Å². The fourth-order valence-corrected chi connectivity index (χ4v) is 2.91.